The highest BCUT2D eigenvalue weighted by molar-refractivity contribution is 7.22. The maximum Gasteiger partial charge on any atom is 0.258 e. The van der Waals surface area contributed by atoms with Gasteiger partial charge >= 0.3 is 0 Å². The average molecular weight is 464 g/mol. The van der Waals surface area contributed by atoms with Crippen molar-refractivity contribution in [2.45, 2.75) is 6.92 Å². The summed E-state index contributed by atoms with van der Waals surface area (Å²) in [4.78, 5) is 22.7. The van der Waals surface area contributed by atoms with Crippen LogP contribution < -0.4 is 5.32 Å². The molecule has 0 aliphatic heterocycles. The van der Waals surface area contributed by atoms with Crippen molar-refractivity contribution >= 4 is 66.7 Å². The predicted molar refractivity (Wildman–Crippen MR) is 130 cm³/mol. The molecule has 0 atom stereocenters. The maximum absolute atomic E-state index is 13.4. The molecule has 0 saturated carbocycles. The van der Waals surface area contributed by atoms with Gasteiger partial charge in [0.2, 0.25) is 0 Å². The van der Waals surface area contributed by atoms with Crippen LogP contribution in [0.1, 0.15) is 15.9 Å². The van der Waals surface area contributed by atoms with E-state index in [9.17, 15) is 4.79 Å². The number of rotatable bonds is 3. The summed E-state index contributed by atoms with van der Waals surface area (Å²) >= 11 is 14.0. The Morgan fingerprint density at radius 2 is 1.68 bits per heavy atom. The smallest absolute Gasteiger partial charge is 0.258 e. The van der Waals surface area contributed by atoms with E-state index in [1.807, 2.05) is 61.5 Å². The van der Waals surface area contributed by atoms with Gasteiger partial charge in [-0.2, -0.15) is 0 Å². The van der Waals surface area contributed by atoms with Crippen LogP contribution in [-0.4, -0.2) is 15.9 Å². The normalized spacial score (nSPS) is 11.2. The maximum atomic E-state index is 13.4. The molecule has 4 nitrogen and oxygen atoms in total. The van der Waals surface area contributed by atoms with Gasteiger partial charge in [0.15, 0.2) is 5.13 Å². The first-order valence-electron chi connectivity index (χ1n) is 9.53. The van der Waals surface area contributed by atoms with Crippen LogP contribution in [0.2, 0.25) is 10.0 Å². The minimum absolute atomic E-state index is 0.235. The van der Waals surface area contributed by atoms with E-state index < -0.39 is 0 Å². The summed E-state index contributed by atoms with van der Waals surface area (Å²) in [7, 11) is 0. The summed E-state index contributed by atoms with van der Waals surface area (Å²) in [6.45, 7) is 1.88. The Morgan fingerprint density at radius 3 is 2.45 bits per heavy atom. The van der Waals surface area contributed by atoms with Crippen LogP contribution >= 0.6 is 34.5 Å². The molecule has 0 aliphatic rings. The number of pyridine rings is 1. The molecule has 5 aromatic rings. The monoisotopic (exact) mass is 463 g/mol. The lowest BCUT2D eigenvalue weighted by molar-refractivity contribution is 0.102. The molecule has 7 heteroatoms. The summed E-state index contributed by atoms with van der Waals surface area (Å²) in [5, 5.41) is 5.32. The second-order valence-electron chi connectivity index (χ2n) is 7.04. The zero-order valence-corrected chi connectivity index (χ0v) is 18.6. The van der Waals surface area contributed by atoms with Crippen LogP contribution in [0, 0.1) is 6.92 Å². The zero-order valence-electron chi connectivity index (χ0n) is 16.3. The Labute approximate surface area is 192 Å². The van der Waals surface area contributed by atoms with Gasteiger partial charge in [0.1, 0.15) is 0 Å². The number of nitrogens with zero attached hydrogens (tertiary/aromatic N) is 2. The Balaban J connectivity index is 1.66. The highest BCUT2D eigenvalue weighted by Gasteiger charge is 2.21. The molecule has 0 saturated heterocycles. The zero-order chi connectivity index (χ0) is 21.5. The first-order valence-corrected chi connectivity index (χ1v) is 11.1. The Hall–Kier alpha value is -2.99. The molecule has 1 amide bonds. The molecule has 2 aromatic heterocycles. The lowest BCUT2D eigenvalue weighted by Gasteiger charge is -2.15. The SMILES string of the molecule is Cc1c(-c2ccc(Cl)cc2Cl)nc2ccccc2c1C(=O)Nc1nc2ccccc2s1. The quantitative estimate of drug-likeness (QED) is 0.303. The van der Waals surface area contributed by atoms with Gasteiger partial charge in [-0.3, -0.25) is 10.1 Å². The van der Waals surface area contributed by atoms with E-state index in [1.54, 1.807) is 12.1 Å². The molecule has 2 heterocycles. The van der Waals surface area contributed by atoms with Crippen molar-refractivity contribution in [3.05, 3.63) is 87.9 Å². The van der Waals surface area contributed by atoms with Crippen molar-refractivity contribution in [1.82, 2.24) is 9.97 Å². The first-order chi connectivity index (χ1) is 15.0. The van der Waals surface area contributed by atoms with Crippen LogP contribution in [0.3, 0.4) is 0 Å². The molecule has 0 bridgehead atoms. The molecule has 31 heavy (non-hydrogen) atoms. The fraction of sp³-hybridized carbons (Fsp3) is 0.0417. The van der Waals surface area contributed by atoms with Crippen molar-refractivity contribution in [2.24, 2.45) is 0 Å². The van der Waals surface area contributed by atoms with E-state index in [4.69, 9.17) is 28.2 Å². The first kappa shape index (κ1) is 19.9. The largest absolute Gasteiger partial charge is 0.298 e. The number of para-hydroxylation sites is 2. The standard InChI is InChI=1S/C24H15Cl2N3OS/c1-13-21(23(30)29-24-28-19-8-4-5-9-20(19)31-24)16-6-2-3-7-18(16)27-22(13)15-11-10-14(25)12-17(15)26/h2-12H,1H3,(H,28,29,30). The number of benzene rings is 3. The van der Waals surface area contributed by atoms with Gasteiger partial charge in [-0.25, -0.2) is 9.97 Å². The van der Waals surface area contributed by atoms with E-state index in [2.05, 4.69) is 10.3 Å². The van der Waals surface area contributed by atoms with Crippen LogP contribution in [0.25, 0.3) is 32.4 Å². The highest BCUT2D eigenvalue weighted by Crippen LogP contribution is 2.35. The third-order valence-electron chi connectivity index (χ3n) is 5.06. The van der Waals surface area contributed by atoms with Gasteiger partial charge < -0.3 is 0 Å². The molecule has 5 rings (SSSR count). The van der Waals surface area contributed by atoms with Crippen molar-refractivity contribution in [3.63, 3.8) is 0 Å². The van der Waals surface area contributed by atoms with Crippen molar-refractivity contribution in [1.29, 1.82) is 0 Å². The number of thiazole rings is 1. The number of aromatic nitrogens is 2. The number of halogens is 2. The van der Waals surface area contributed by atoms with E-state index in [0.29, 0.717) is 32.0 Å². The molecule has 0 spiro atoms. The van der Waals surface area contributed by atoms with Gasteiger partial charge in [-0.15, -0.1) is 0 Å². The topological polar surface area (TPSA) is 54.9 Å². The number of fused-ring (bicyclic) bond motifs is 2. The van der Waals surface area contributed by atoms with Crippen LogP contribution in [-0.2, 0) is 0 Å². The van der Waals surface area contributed by atoms with E-state index in [1.165, 1.54) is 11.3 Å². The number of hydrogen-bond acceptors (Lipinski definition) is 4. The molecule has 1 N–H and O–H groups in total. The molecule has 0 aliphatic carbocycles. The van der Waals surface area contributed by atoms with Gasteiger partial charge in [0, 0.05) is 16.0 Å². The van der Waals surface area contributed by atoms with Crippen molar-refractivity contribution in [2.75, 3.05) is 5.32 Å². The van der Waals surface area contributed by atoms with E-state index in [0.717, 1.165) is 26.7 Å². The molecule has 152 valence electrons. The minimum atomic E-state index is -0.235. The highest BCUT2D eigenvalue weighted by atomic mass is 35.5. The summed E-state index contributed by atoms with van der Waals surface area (Å²) in [6.07, 6.45) is 0. The molecular formula is C24H15Cl2N3OS. The summed E-state index contributed by atoms with van der Waals surface area (Å²) in [5.74, 6) is -0.235. The summed E-state index contributed by atoms with van der Waals surface area (Å²) in [5.41, 5.74) is 4.22. The Morgan fingerprint density at radius 1 is 0.935 bits per heavy atom. The van der Waals surface area contributed by atoms with Gasteiger partial charge in [0.05, 0.1) is 32.0 Å². The number of amides is 1. The molecule has 0 unspecified atom stereocenters. The lowest BCUT2D eigenvalue weighted by Crippen LogP contribution is -2.15. The lowest BCUT2D eigenvalue weighted by atomic mass is 9.97. The fourth-order valence-electron chi connectivity index (χ4n) is 3.63. The van der Waals surface area contributed by atoms with Crippen molar-refractivity contribution < 1.29 is 4.79 Å². The number of hydrogen-bond donors (Lipinski definition) is 1. The van der Waals surface area contributed by atoms with Gasteiger partial charge in [-0.05, 0) is 48.9 Å². The Kier molecular flexibility index (Phi) is 5.10. The van der Waals surface area contributed by atoms with Crippen molar-refractivity contribution in [3.8, 4) is 11.3 Å². The number of anilines is 1. The molecular weight excluding hydrogens is 449 g/mol. The number of nitrogens with one attached hydrogen (secondary N) is 1. The Bertz CT molecular complexity index is 1450. The third kappa shape index (κ3) is 3.65. The fourth-order valence-corrected chi connectivity index (χ4v) is 4.99. The molecule has 0 radical (unpaired) electrons. The van der Waals surface area contributed by atoms with E-state index >= 15 is 0 Å². The second-order valence-corrected chi connectivity index (χ2v) is 8.92. The van der Waals surface area contributed by atoms with E-state index in [-0.39, 0.29) is 5.91 Å². The van der Waals surface area contributed by atoms with Crippen LogP contribution in [0.5, 0.6) is 0 Å². The second kappa shape index (κ2) is 7.93. The number of carbonyl (C=O) groups is 1. The van der Waals surface area contributed by atoms with Crippen LogP contribution in [0.15, 0.2) is 66.7 Å². The summed E-state index contributed by atoms with van der Waals surface area (Å²) < 4.78 is 1.02. The van der Waals surface area contributed by atoms with Crippen LogP contribution in [0.4, 0.5) is 5.13 Å². The average Bonchev–Trinajstić information content (AvgIpc) is 3.15. The molecule has 3 aromatic carbocycles. The number of carbonyl (C=O) groups excluding carboxylic acids is 1. The van der Waals surface area contributed by atoms with Gasteiger partial charge in [0.25, 0.3) is 5.91 Å². The van der Waals surface area contributed by atoms with Gasteiger partial charge in [-0.1, -0.05) is 64.9 Å². The predicted octanol–water partition coefficient (Wildman–Crippen LogP) is 7.38. The molecule has 0 fully saturated rings. The minimum Gasteiger partial charge on any atom is -0.298 e. The third-order valence-corrected chi connectivity index (χ3v) is 6.56. The summed E-state index contributed by atoms with van der Waals surface area (Å²) in [6, 6.07) is 20.6.